The molecule has 0 aromatic heterocycles. The van der Waals surface area contributed by atoms with Crippen molar-refractivity contribution in [3.8, 4) is 5.75 Å². The number of nitrogens with zero attached hydrogens (tertiary/aromatic N) is 2. The maximum atomic E-state index is 13.0. The van der Waals surface area contributed by atoms with E-state index in [1.165, 1.54) is 24.3 Å². The molecule has 0 radical (unpaired) electrons. The summed E-state index contributed by atoms with van der Waals surface area (Å²) < 4.78 is 59.8. The molecule has 0 bridgehead atoms. The van der Waals surface area contributed by atoms with Crippen LogP contribution in [0.3, 0.4) is 0 Å². The highest BCUT2D eigenvalue weighted by molar-refractivity contribution is 6.05. The molecule has 1 saturated heterocycles. The van der Waals surface area contributed by atoms with Crippen LogP contribution in [0.1, 0.15) is 19.4 Å². The summed E-state index contributed by atoms with van der Waals surface area (Å²) in [5.74, 6) is -0.117. The van der Waals surface area contributed by atoms with E-state index in [9.17, 15) is 18.0 Å². The van der Waals surface area contributed by atoms with E-state index in [1.807, 2.05) is 13.8 Å². The van der Waals surface area contributed by atoms with Crippen LogP contribution in [0.15, 0.2) is 63.9 Å². The number of nitrogens with one attached hydrogen (secondary N) is 1. The third-order valence-corrected chi connectivity index (χ3v) is 7.01. The Morgan fingerprint density at radius 2 is 1.95 bits per heavy atom. The van der Waals surface area contributed by atoms with Crippen LogP contribution in [0.5, 0.6) is 5.75 Å². The Morgan fingerprint density at radius 3 is 2.59 bits per heavy atom. The Morgan fingerprint density at radius 1 is 1.19 bits per heavy atom. The van der Waals surface area contributed by atoms with E-state index in [-0.39, 0.29) is 24.1 Å². The predicted octanol–water partition coefficient (Wildman–Crippen LogP) is 3.34. The summed E-state index contributed by atoms with van der Waals surface area (Å²) in [6, 6.07) is 5.25. The second-order valence-electron chi connectivity index (χ2n) is 9.62. The van der Waals surface area contributed by atoms with Gasteiger partial charge in [0.2, 0.25) is 0 Å². The highest BCUT2D eigenvalue weighted by atomic mass is 19.4. The first-order valence-corrected chi connectivity index (χ1v) is 11.5. The van der Waals surface area contributed by atoms with Crippen molar-refractivity contribution in [1.82, 2.24) is 0 Å². The largest absolute Gasteiger partial charge is 0.487 e. The lowest BCUT2D eigenvalue weighted by atomic mass is 9.55. The molecule has 37 heavy (non-hydrogen) atoms. The van der Waals surface area contributed by atoms with Gasteiger partial charge in [-0.1, -0.05) is 12.2 Å². The quantitative estimate of drug-likeness (QED) is 0.632. The normalized spacial score (nSPS) is 29.5. The third-order valence-electron chi connectivity index (χ3n) is 7.01. The van der Waals surface area contributed by atoms with Gasteiger partial charge in [-0.2, -0.15) is 13.2 Å². The topological polar surface area (TPSA) is 117 Å². The van der Waals surface area contributed by atoms with E-state index in [4.69, 9.17) is 29.7 Å². The molecule has 9 nitrogen and oxygen atoms in total. The summed E-state index contributed by atoms with van der Waals surface area (Å²) in [6.45, 7) is 3.49. The number of rotatable bonds is 4. The number of fused-ring (bicyclic) bond motifs is 3. The first-order valence-electron chi connectivity index (χ1n) is 11.5. The molecule has 2 spiro atoms. The molecule has 0 saturated carbocycles. The van der Waals surface area contributed by atoms with Gasteiger partial charge in [0.25, 0.3) is 11.9 Å². The zero-order valence-corrected chi connectivity index (χ0v) is 20.1. The van der Waals surface area contributed by atoms with Crippen LogP contribution < -0.4 is 15.8 Å². The summed E-state index contributed by atoms with van der Waals surface area (Å²) in [4.78, 5) is 21.7. The molecule has 4 aliphatic heterocycles. The third kappa shape index (κ3) is 4.24. The smallest absolute Gasteiger partial charge is 0.422 e. The van der Waals surface area contributed by atoms with Crippen molar-refractivity contribution in [3.63, 3.8) is 0 Å². The number of aliphatic imine (C=N–C) groups is 2. The number of allylic oxidation sites excluding steroid dienone is 5. The van der Waals surface area contributed by atoms with Gasteiger partial charge in [-0.15, -0.1) is 0 Å². The van der Waals surface area contributed by atoms with Crippen molar-refractivity contribution < 1.29 is 36.9 Å². The van der Waals surface area contributed by atoms with Gasteiger partial charge in [0, 0.05) is 11.3 Å². The zero-order valence-electron chi connectivity index (χ0n) is 20.1. The van der Waals surface area contributed by atoms with Crippen LogP contribution in [-0.2, 0) is 24.5 Å². The van der Waals surface area contributed by atoms with Crippen molar-refractivity contribution in [3.05, 3.63) is 59.5 Å². The van der Waals surface area contributed by atoms with Crippen LogP contribution in [0, 0.1) is 5.41 Å². The number of carbonyl (C=O) groups excluding carboxylic acids is 1. The summed E-state index contributed by atoms with van der Waals surface area (Å²) in [7, 11) is 0. The molecular formula is C25H25F3N4O5. The lowest BCUT2D eigenvalue weighted by Gasteiger charge is -2.61. The molecule has 5 rings (SSSR count). The molecule has 3 N–H and O–H groups in total. The van der Waals surface area contributed by atoms with Gasteiger partial charge >= 0.3 is 6.18 Å². The number of amides is 1. The number of anilines is 1. The van der Waals surface area contributed by atoms with E-state index in [0.29, 0.717) is 30.2 Å². The summed E-state index contributed by atoms with van der Waals surface area (Å²) in [5, 5.41) is 2.78. The summed E-state index contributed by atoms with van der Waals surface area (Å²) in [6.07, 6.45) is 2.25. The van der Waals surface area contributed by atoms with Gasteiger partial charge in [0.05, 0.1) is 24.8 Å². The minimum absolute atomic E-state index is 0.0300. The molecule has 1 atom stereocenters. The van der Waals surface area contributed by atoms with Crippen LogP contribution >= 0.6 is 0 Å². The SMILES string of the molecule is CC1(C)Oc2ccc(NC(=O)C3=C/C=C/C=C(OCC(F)(F)F)/C=N\3)cc2C2(COC(N)=N2)C12COC2. The molecule has 1 aromatic rings. The molecule has 0 aliphatic carbocycles. The maximum Gasteiger partial charge on any atom is 0.422 e. The molecule has 4 heterocycles. The van der Waals surface area contributed by atoms with Crippen LogP contribution in [0.2, 0.25) is 0 Å². The first kappa shape index (κ1) is 24.9. The minimum Gasteiger partial charge on any atom is -0.487 e. The van der Waals surface area contributed by atoms with Crippen molar-refractivity contribution >= 4 is 23.8 Å². The molecular weight excluding hydrogens is 493 g/mol. The van der Waals surface area contributed by atoms with Gasteiger partial charge in [-0.3, -0.25) is 4.79 Å². The Balaban J connectivity index is 1.40. The number of amidine groups is 1. The van der Waals surface area contributed by atoms with E-state index >= 15 is 0 Å². The lowest BCUT2D eigenvalue weighted by Crippen LogP contribution is -2.71. The maximum absolute atomic E-state index is 13.0. The average Bonchev–Trinajstić information content (AvgIpc) is 3.13. The molecule has 196 valence electrons. The van der Waals surface area contributed by atoms with Gasteiger partial charge in [-0.05, 0) is 44.2 Å². The number of nitrogens with two attached hydrogens (primary N) is 1. The van der Waals surface area contributed by atoms with Gasteiger partial charge < -0.3 is 30.0 Å². The monoisotopic (exact) mass is 518 g/mol. The van der Waals surface area contributed by atoms with Gasteiger partial charge in [0.1, 0.15) is 35.0 Å². The van der Waals surface area contributed by atoms with E-state index in [0.717, 1.165) is 6.21 Å². The number of alkyl halides is 3. The number of ether oxygens (including phenoxy) is 4. The van der Waals surface area contributed by atoms with Crippen molar-refractivity contribution in [1.29, 1.82) is 0 Å². The highest BCUT2D eigenvalue weighted by Crippen LogP contribution is 2.62. The van der Waals surface area contributed by atoms with E-state index in [2.05, 4.69) is 10.3 Å². The molecule has 1 fully saturated rings. The van der Waals surface area contributed by atoms with Crippen LogP contribution in [0.25, 0.3) is 0 Å². The molecule has 4 aliphatic rings. The van der Waals surface area contributed by atoms with Crippen LogP contribution in [-0.4, -0.2) is 56.3 Å². The van der Waals surface area contributed by atoms with Crippen molar-refractivity contribution in [2.45, 2.75) is 31.2 Å². The second kappa shape index (κ2) is 8.65. The number of carbonyl (C=O) groups is 1. The van der Waals surface area contributed by atoms with Crippen molar-refractivity contribution in [2.24, 2.45) is 21.1 Å². The molecule has 1 amide bonds. The fraction of sp³-hybridized carbons (Fsp3) is 0.400. The van der Waals surface area contributed by atoms with Crippen molar-refractivity contribution in [2.75, 3.05) is 31.7 Å². The number of benzene rings is 1. The Kier molecular flexibility index (Phi) is 5.81. The van der Waals surface area contributed by atoms with E-state index < -0.39 is 35.2 Å². The van der Waals surface area contributed by atoms with Crippen LogP contribution in [0.4, 0.5) is 18.9 Å². The van der Waals surface area contributed by atoms with Gasteiger partial charge in [-0.25, -0.2) is 9.98 Å². The molecule has 1 unspecified atom stereocenters. The highest BCUT2D eigenvalue weighted by Gasteiger charge is 2.71. The Labute approximate surface area is 210 Å². The number of hydrogen-bond acceptors (Lipinski definition) is 8. The number of hydrogen-bond donors (Lipinski definition) is 2. The zero-order chi connectivity index (χ0) is 26.5. The summed E-state index contributed by atoms with van der Waals surface area (Å²) in [5.41, 5.74) is 5.03. The predicted molar refractivity (Wildman–Crippen MR) is 128 cm³/mol. The average molecular weight is 518 g/mol. The van der Waals surface area contributed by atoms with E-state index in [1.54, 1.807) is 18.2 Å². The molecule has 1 aromatic carbocycles. The summed E-state index contributed by atoms with van der Waals surface area (Å²) >= 11 is 0. The lowest BCUT2D eigenvalue weighted by molar-refractivity contribution is -0.247. The second-order valence-corrected chi connectivity index (χ2v) is 9.62. The van der Waals surface area contributed by atoms with Gasteiger partial charge in [0.15, 0.2) is 6.61 Å². The fourth-order valence-electron chi connectivity index (χ4n) is 4.95. The Hall–Kier alpha value is -3.80. The standard InChI is InChI=1S/C25H25F3N4O5/c1-22(2)23(11-34-12-23)24(13-36-21(29)32-24)17-9-15(7-8-19(17)37-22)31-20(33)18-6-4-3-5-16(10-30-18)35-14-25(26,27)28/h3-10H,11-14H2,1-2H3,(H2,29,32)(H,31,33)/b4-3+,5-3?,6-4?,16-5-,16-10?,18-6-,30-10-,30-18?. The minimum atomic E-state index is -4.50. The number of halogens is 3. The first-order chi connectivity index (χ1) is 17.4. The fourth-order valence-corrected chi connectivity index (χ4v) is 4.95. The Bertz CT molecular complexity index is 1280. The molecule has 12 heteroatoms.